The summed E-state index contributed by atoms with van der Waals surface area (Å²) >= 11 is 0. The standard InChI is InChI=1S/C65H46FN3/c1-65(2)59-41-46(55-39-40-62-64-58(55)37-23-45-15-12-20-61(63(45)64)69(62)53-29-25-47(66)26-30-53)24-36-56(59)57-38-35-54(42-60(57)65)68(50-27-21-44(22-28-50)43-13-6-3-7-14-43)52-33-31-51(32-34-52)67(48-16-8-4-9-17-48)49-18-10-5-11-19-49/h3-42H,1-2H3. The van der Waals surface area contributed by atoms with Crippen LogP contribution in [0.25, 0.3) is 71.6 Å². The third kappa shape index (κ3) is 6.63. The number of para-hydroxylation sites is 2. The summed E-state index contributed by atoms with van der Waals surface area (Å²) in [7, 11) is 0. The van der Waals surface area contributed by atoms with Gasteiger partial charge in [0.05, 0.1) is 11.0 Å². The Hall–Kier alpha value is -8.73. The van der Waals surface area contributed by atoms with E-state index in [9.17, 15) is 4.39 Å². The van der Waals surface area contributed by atoms with Crippen LogP contribution in [0.15, 0.2) is 243 Å². The van der Waals surface area contributed by atoms with Crippen molar-refractivity contribution in [1.82, 2.24) is 4.57 Å². The Morgan fingerprint density at radius 3 is 1.51 bits per heavy atom. The number of rotatable bonds is 9. The van der Waals surface area contributed by atoms with Gasteiger partial charge in [0, 0.05) is 56.0 Å². The average Bonchev–Trinajstić information content (AvgIpc) is 3.86. The van der Waals surface area contributed by atoms with Crippen LogP contribution in [0.2, 0.25) is 0 Å². The van der Waals surface area contributed by atoms with E-state index in [0.717, 1.165) is 50.8 Å². The highest BCUT2D eigenvalue weighted by atomic mass is 19.1. The SMILES string of the molecule is CC1(C)c2cc(-c3ccc4c5c3ccc3cccc(c35)n4-c3ccc(F)cc3)ccc2-c2ccc(N(c3ccc(-c4ccccc4)cc3)c3ccc(N(c4ccccc4)c4ccccc4)cc3)cc21. The number of anilines is 6. The topological polar surface area (TPSA) is 11.4 Å². The summed E-state index contributed by atoms with van der Waals surface area (Å²) in [6.45, 7) is 4.74. The van der Waals surface area contributed by atoms with Crippen molar-refractivity contribution < 1.29 is 4.39 Å². The molecule has 0 radical (unpaired) electrons. The van der Waals surface area contributed by atoms with E-state index in [1.54, 1.807) is 12.1 Å². The van der Waals surface area contributed by atoms with Crippen LogP contribution in [-0.4, -0.2) is 4.57 Å². The smallest absolute Gasteiger partial charge is 0.123 e. The van der Waals surface area contributed by atoms with Crippen LogP contribution in [0, 0.1) is 5.82 Å². The van der Waals surface area contributed by atoms with Crippen LogP contribution in [-0.2, 0) is 5.41 Å². The molecule has 13 rings (SSSR count). The fourth-order valence-corrected chi connectivity index (χ4v) is 11.1. The zero-order chi connectivity index (χ0) is 46.2. The van der Waals surface area contributed by atoms with Crippen molar-refractivity contribution in [3.63, 3.8) is 0 Å². The molecular formula is C65H46FN3. The predicted octanol–water partition coefficient (Wildman–Crippen LogP) is 18.1. The van der Waals surface area contributed by atoms with E-state index in [-0.39, 0.29) is 11.2 Å². The molecule has 1 heterocycles. The van der Waals surface area contributed by atoms with E-state index in [2.05, 4.69) is 247 Å². The zero-order valence-electron chi connectivity index (χ0n) is 38.3. The monoisotopic (exact) mass is 887 g/mol. The number of hydrogen-bond donors (Lipinski definition) is 0. The Morgan fingerprint density at radius 1 is 0.362 bits per heavy atom. The molecule has 328 valence electrons. The van der Waals surface area contributed by atoms with Gasteiger partial charge >= 0.3 is 0 Å². The van der Waals surface area contributed by atoms with E-state index < -0.39 is 0 Å². The van der Waals surface area contributed by atoms with Crippen molar-refractivity contribution in [2.45, 2.75) is 19.3 Å². The summed E-state index contributed by atoms with van der Waals surface area (Å²) in [5.74, 6) is -0.237. The lowest BCUT2D eigenvalue weighted by molar-refractivity contribution is 0.627. The fourth-order valence-electron chi connectivity index (χ4n) is 11.1. The van der Waals surface area contributed by atoms with Gasteiger partial charge in [-0.25, -0.2) is 4.39 Å². The second-order valence-electron chi connectivity index (χ2n) is 18.7. The molecule has 0 saturated carbocycles. The van der Waals surface area contributed by atoms with Crippen molar-refractivity contribution in [2.24, 2.45) is 0 Å². The molecule has 0 amide bonds. The van der Waals surface area contributed by atoms with Gasteiger partial charge in [0.15, 0.2) is 0 Å². The number of halogens is 1. The van der Waals surface area contributed by atoms with Crippen LogP contribution >= 0.6 is 0 Å². The maximum atomic E-state index is 14.1. The molecule has 69 heavy (non-hydrogen) atoms. The van der Waals surface area contributed by atoms with Crippen molar-refractivity contribution in [1.29, 1.82) is 0 Å². The molecule has 0 saturated heterocycles. The Kier molecular flexibility index (Phi) is 9.38. The minimum Gasteiger partial charge on any atom is -0.311 e. The minimum atomic E-state index is -0.280. The molecule has 0 unspecified atom stereocenters. The summed E-state index contributed by atoms with van der Waals surface area (Å²) in [6.07, 6.45) is 0. The lowest BCUT2D eigenvalue weighted by atomic mass is 9.81. The first-order chi connectivity index (χ1) is 33.9. The Bertz CT molecular complexity index is 3800. The lowest BCUT2D eigenvalue weighted by Gasteiger charge is -2.29. The second-order valence-corrected chi connectivity index (χ2v) is 18.7. The summed E-state index contributed by atoms with van der Waals surface area (Å²) in [4.78, 5) is 4.70. The van der Waals surface area contributed by atoms with Crippen molar-refractivity contribution >= 4 is 66.7 Å². The summed E-state index contributed by atoms with van der Waals surface area (Å²) in [5.41, 5.74) is 19.4. The highest BCUT2D eigenvalue weighted by Gasteiger charge is 2.36. The largest absolute Gasteiger partial charge is 0.311 e. The zero-order valence-corrected chi connectivity index (χ0v) is 38.3. The average molecular weight is 888 g/mol. The Labute approximate surface area is 401 Å². The Balaban J connectivity index is 0.902. The highest BCUT2D eigenvalue weighted by molar-refractivity contribution is 6.26. The second kappa shape index (κ2) is 16.0. The van der Waals surface area contributed by atoms with Crippen molar-refractivity contribution in [3.05, 3.63) is 260 Å². The van der Waals surface area contributed by atoms with Crippen LogP contribution in [0.5, 0.6) is 0 Å². The molecule has 0 aliphatic heterocycles. The number of fused-ring (bicyclic) bond motifs is 3. The van der Waals surface area contributed by atoms with Crippen molar-refractivity contribution in [3.8, 4) is 39.1 Å². The van der Waals surface area contributed by atoms with Gasteiger partial charge in [-0.2, -0.15) is 0 Å². The van der Waals surface area contributed by atoms with E-state index in [4.69, 9.17) is 0 Å². The fraction of sp³-hybridized carbons (Fsp3) is 0.0462. The molecule has 0 fully saturated rings. The molecule has 0 bridgehead atoms. The van der Waals surface area contributed by atoms with E-state index in [1.165, 1.54) is 66.1 Å². The molecule has 12 aromatic rings. The molecule has 1 aliphatic rings. The number of nitrogens with zero attached hydrogens (tertiary/aromatic N) is 3. The molecular weight excluding hydrogens is 842 g/mol. The maximum absolute atomic E-state index is 14.1. The number of benzene rings is 11. The lowest BCUT2D eigenvalue weighted by Crippen LogP contribution is -2.17. The van der Waals surface area contributed by atoms with Crippen LogP contribution in [0.4, 0.5) is 38.5 Å². The molecule has 0 N–H and O–H groups in total. The molecule has 11 aromatic carbocycles. The molecule has 3 nitrogen and oxygen atoms in total. The third-order valence-electron chi connectivity index (χ3n) is 14.4. The van der Waals surface area contributed by atoms with Gasteiger partial charge in [-0.1, -0.05) is 141 Å². The molecule has 0 atom stereocenters. The van der Waals surface area contributed by atoms with Gasteiger partial charge in [-0.3, -0.25) is 0 Å². The van der Waals surface area contributed by atoms with Gasteiger partial charge in [-0.15, -0.1) is 0 Å². The summed E-state index contributed by atoms with van der Waals surface area (Å²) in [6, 6.07) is 86.0. The van der Waals surface area contributed by atoms with Crippen molar-refractivity contribution in [2.75, 3.05) is 9.80 Å². The maximum Gasteiger partial charge on any atom is 0.123 e. The highest BCUT2D eigenvalue weighted by Crippen LogP contribution is 2.53. The molecule has 0 spiro atoms. The van der Waals surface area contributed by atoms with Gasteiger partial charge in [-0.05, 0) is 171 Å². The first-order valence-electron chi connectivity index (χ1n) is 23.7. The third-order valence-corrected chi connectivity index (χ3v) is 14.4. The first kappa shape index (κ1) is 40.5. The predicted molar refractivity (Wildman–Crippen MR) is 287 cm³/mol. The van der Waals surface area contributed by atoms with E-state index in [0.29, 0.717) is 0 Å². The van der Waals surface area contributed by atoms with E-state index >= 15 is 0 Å². The van der Waals surface area contributed by atoms with Gasteiger partial charge in [0.2, 0.25) is 0 Å². The molecule has 1 aromatic heterocycles. The van der Waals surface area contributed by atoms with Crippen LogP contribution in [0.1, 0.15) is 25.0 Å². The molecule has 4 heteroatoms. The quantitative estimate of drug-likeness (QED) is 0.134. The minimum absolute atomic E-state index is 0.237. The van der Waals surface area contributed by atoms with Crippen LogP contribution < -0.4 is 9.80 Å². The Morgan fingerprint density at radius 2 is 0.855 bits per heavy atom. The number of aromatic nitrogens is 1. The van der Waals surface area contributed by atoms with E-state index in [1.807, 2.05) is 12.1 Å². The van der Waals surface area contributed by atoms with Gasteiger partial charge < -0.3 is 14.4 Å². The first-order valence-corrected chi connectivity index (χ1v) is 23.7. The normalized spacial score (nSPS) is 12.7. The van der Waals surface area contributed by atoms with Gasteiger partial charge in [0.25, 0.3) is 0 Å². The molecule has 1 aliphatic carbocycles. The van der Waals surface area contributed by atoms with Crippen LogP contribution in [0.3, 0.4) is 0 Å². The summed E-state index contributed by atoms with van der Waals surface area (Å²) in [5, 5.41) is 4.87. The summed E-state index contributed by atoms with van der Waals surface area (Å²) < 4.78 is 16.4. The number of hydrogen-bond acceptors (Lipinski definition) is 2. The van der Waals surface area contributed by atoms with Gasteiger partial charge in [0.1, 0.15) is 5.82 Å².